The summed E-state index contributed by atoms with van der Waals surface area (Å²) in [7, 11) is 4.23. The number of nitrogens with zero attached hydrogens (tertiary/aromatic N) is 1. The second-order valence-electron chi connectivity index (χ2n) is 4.47. The van der Waals surface area contributed by atoms with Crippen LogP contribution in [-0.2, 0) is 0 Å². The van der Waals surface area contributed by atoms with E-state index in [0.717, 1.165) is 4.99 Å². The standard InChI is InChI=1S/C11H18N2S/c1-13(2)10-7-11(14)12-9-6-4-3-5-8(9)10/h7-9H,3-6H2,1-2H3,(H,12,14)/t8-,9+/m1/s1. The normalized spacial score (nSPS) is 31.6. The monoisotopic (exact) mass is 210 g/mol. The van der Waals surface area contributed by atoms with Crippen molar-refractivity contribution in [2.45, 2.75) is 31.7 Å². The molecule has 0 aromatic rings. The predicted molar refractivity (Wildman–Crippen MR) is 63.2 cm³/mol. The van der Waals surface area contributed by atoms with E-state index in [2.05, 4.69) is 30.4 Å². The molecule has 2 nitrogen and oxygen atoms in total. The third-order valence-corrected chi connectivity index (χ3v) is 3.50. The lowest BCUT2D eigenvalue weighted by Gasteiger charge is -2.40. The summed E-state index contributed by atoms with van der Waals surface area (Å²) in [4.78, 5) is 3.13. The van der Waals surface area contributed by atoms with Gasteiger partial charge in [0, 0.05) is 31.8 Å². The van der Waals surface area contributed by atoms with Crippen molar-refractivity contribution >= 4 is 17.2 Å². The van der Waals surface area contributed by atoms with Gasteiger partial charge in [0.15, 0.2) is 0 Å². The maximum absolute atomic E-state index is 5.26. The van der Waals surface area contributed by atoms with Gasteiger partial charge in [0.2, 0.25) is 0 Å². The summed E-state index contributed by atoms with van der Waals surface area (Å²) in [6, 6.07) is 0.596. The SMILES string of the molecule is CN(C)C1=CC(=S)N[C@H]2CCCC[C@@H]12. The van der Waals surface area contributed by atoms with Crippen molar-refractivity contribution in [1.82, 2.24) is 10.2 Å². The highest BCUT2D eigenvalue weighted by Crippen LogP contribution is 2.33. The quantitative estimate of drug-likeness (QED) is 0.666. The van der Waals surface area contributed by atoms with Gasteiger partial charge in [0.05, 0.1) is 0 Å². The molecule has 1 fully saturated rings. The smallest absolute Gasteiger partial charge is 0.101 e. The van der Waals surface area contributed by atoms with Crippen LogP contribution in [-0.4, -0.2) is 30.0 Å². The second-order valence-corrected chi connectivity index (χ2v) is 4.91. The topological polar surface area (TPSA) is 15.3 Å². The summed E-state index contributed by atoms with van der Waals surface area (Å²) in [6.07, 6.45) is 7.42. The third kappa shape index (κ3) is 1.78. The summed E-state index contributed by atoms with van der Waals surface area (Å²) < 4.78 is 0. The van der Waals surface area contributed by atoms with Gasteiger partial charge in [0.1, 0.15) is 4.99 Å². The van der Waals surface area contributed by atoms with E-state index in [9.17, 15) is 0 Å². The zero-order valence-electron chi connectivity index (χ0n) is 8.92. The molecule has 14 heavy (non-hydrogen) atoms. The Morgan fingerprint density at radius 3 is 2.79 bits per heavy atom. The van der Waals surface area contributed by atoms with Crippen LogP contribution in [0.5, 0.6) is 0 Å². The molecule has 1 saturated carbocycles. The molecular formula is C11H18N2S. The van der Waals surface area contributed by atoms with E-state index >= 15 is 0 Å². The number of nitrogens with one attached hydrogen (secondary N) is 1. The number of hydrogen-bond donors (Lipinski definition) is 1. The minimum Gasteiger partial charge on any atom is -0.381 e. The van der Waals surface area contributed by atoms with Gasteiger partial charge in [-0.25, -0.2) is 0 Å². The first-order valence-electron chi connectivity index (χ1n) is 5.38. The predicted octanol–water partition coefficient (Wildman–Crippen LogP) is 1.92. The average Bonchev–Trinajstić information content (AvgIpc) is 2.16. The van der Waals surface area contributed by atoms with Crippen LogP contribution in [0.15, 0.2) is 11.8 Å². The zero-order valence-corrected chi connectivity index (χ0v) is 9.73. The van der Waals surface area contributed by atoms with Crippen LogP contribution in [0.3, 0.4) is 0 Å². The molecule has 2 aliphatic rings. The van der Waals surface area contributed by atoms with Crippen LogP contribution in [0.2, 0.25) is 0 Å². The molecule has 3 heteroatoms. The van der Waals surface area contributed by atoms with E-state index in [1.807, 2.05) is 0 Å². The van der Waals surface area contributed by atoms with E-state index < -0.39 is 0 Å². The van der Waals surface area contributed by atoms with Crippen molar-refractivity contribution in [3.05, 3.63) is 11.8 Å². The first-order chi connectivity index (χ1) is 6.68. The highest BCUT2D eigenvalue weighted by Gasteiger charge is 2.32. The molecule has 0 aromatic heterocycles. The fraction of sp³-hybridized carbons (Fsp3) is 0.727. The summed E-state index contributed by atoms with van der Waals surface area (Å²) in [6.45, 7) is 0. The van der Waals surface area contributed by atoms with Gasteiger partial charge in [-0.15, -0.1) is 0 Å². The van der Waals surface area contributed by atoms with Crippen LogP contribution in [0, 0.1) is 5.92 Å². The zero-order chi connectivity index (χ0) is 10.1. The molecular weight excluding hydrogens is 192 g/mol. The van der Waals surface area contributed by atoms with Crippen molar-refractivity contribution in [1.29, 1.82) is 0 Å². The lowest BCUT2D eigenvalue weighted by atomic mass is 9.80. The van der Waals surface area contributed by atoms with Gasteiger partial charge in [-0.3, -0.25) is 0 Å². The maximum atomic E-state index is 5.26. The van der Waals surface area contributed by atoms with Gasteiger partial charge in [-0.1, -0.05) is 25.1 Å². The molecule has 0 saturated heterocycles. The highest BCUT2D eigenvalue weighted by atomic mass is 32.1. The molecule has 1 heterocycles. The Balaban J connectivity index is 2.23. The summed E-state index contributed by atoms with van der Waals surface area (Å²) in [5.74, 6) is 0.686. The third-order valence-electron chi connectivity index (χ3n) is 3.27. The minimum absolute atomic E-state index is 0.596. The number of rotatable bonds is 1. The Morgan fingerprint density at radius 2 is 2.07 bits per heavy atom. The molecule has 1 aliphatic heterocycles. The Kier molecular flexibility index (Phi) is 2.77. The Labute approximate surface area is 91.4 Å². The van der Waals surface area contributed by atoms with Crippen molar-refractivity contribution in [2.75, 3.05) is 14.1 Å². The molecule has 78 valence electrons. The van der Waals surface area contributed by atoms with Crippen molar-refractivity contribution in [3.8, 4) is 0 Å². The molecule has 0 aromatic carbocycles. The van der Waals surface area contributed by atoms with Crippen molar-refractivity contribution < 1.29 is 0 Å². The van der Waals surface area contributed by atoms with Crippen molar-refractivity contribution in [2.24, 2.45) is 5.92 Å². The molecule has 1 aliphatic carbocycles. The van der Waals surface area contributed by atoms with Gasteiger partial charge < -0.3 is 10.2 Å². The van der Waals surface area contributed by atoms with Gasteiger partial charge in [0.25, 0.3) is 0 Å². The molecule has 2 atom stereocenters. The number of fused-ring (bicyclic) bond motifs is 1. The first-order valence-corrected chi connectivity index (χ1v) is 5.78. The van der Waals surface area contributed by atoms with Crippen LogP contribution in [0.4, 0.5) is 0 Å². The van der Waals surface area contributed by atoms with E-state index in [4.69, 9.17) is 12.2 Å². The Morgan fingerprint density at radius 1 is 1.36 bits per heavy atom. The fourth-order valence-corrected chi connectivity index (χ4v) is 2.86. The summed E-state index contributed by atoms with van der Waals surface area (Å²) in [5.41, 5.74) is 1.42. The summed E-state index contributed by atoms with van der Waals surface area (Å²) >= 11 is 5.26. The lowest BCUT2D eigenvalue weighted by Crippen LogP contribution is -2.47. The van der Waals surface area contributed by atoms with Gasteiger partial charge in [-0.05, 0) is 18.9 Å². The first kappa shape index (κ1) is 9.97. The second kappa shape index (κ2) is 3.89. The van der Waals surface area contributed by atoms with Gasteiger partial charge >= 0.3 is 0 Å². The van der Waals surface area contributed by atoms with E-state index in [-0.39, 0.29) is 0 Å². The molecule has 0 spiro atoms. The lowest BCUT2D eigenvalue weighted by molar-refractivity contribution is 0.272. The molecule has 1 N–H and O–H groups in total. The highest BCUT2D eigenvalue weighted by molar-refractivity contribution is 7.80. The maximum Gasteiger partial charge on any atom is 0.101 e. The largest absolute Gasteiger partial charge is 0.381 e. The molecule has 2 rings (SSSR count). The van der Waals surface area contributed by atoms with Crippen LogP contribution >= 0.6 is 12.2 Å². The minimum atomic E-state index is 0.596. The van der Waals surface area contributed by atoms with E-state index in [1.165, 1.54) is 31.4 Å². The van der Waals surface area contributed by atoms with Crippen molar-refractivity contribution in [3.63, 3.8) is 0 Å². The van der Waals surface area contributed by atoms with E-state index in [1.54, 1.807) is 0 Å². The Bertz CT molecular complexity index is 270. The number of thiocarbonyl (C=S) groups is 1. The molecule has 0 radical (unpaired) electrons. The van der Waals surface area contributed by atoms with Crippen LogP contribution < -0.4 is 5.32 Å². The summed E-state index contributed by atoms with van der Waals surface area (Å²) in [5, 5.41) is 3.43. The molecule has 0 bridgehead atoms. The fourth-order valence-electron chi connectivity index (χ4n) is 2.58. The average molecular weight is 210 g/mol. The van der Waals surface area contributed by atoms with Crippen LogP contribution in [0.25, 0.3) is 0 Å². The number of hydrogen-bond acceptors (Lipinski definition) is 2. The Hall–Kier alpha value is -0.570. The van der Waals surface area contributed by atoms with E-state index in [0.29, 0.717) is 12.0 Å². The molecule has 0 amide bonds. The van der Waals surface area contributed by atoms with Gasteiger partial charge in [-0.2, -0.15) is 0 Å². The van der Waals surface area contributed by atoms with Crippen LogP contribution in [0.1, 0.15) is 25.7 Å². The molecule has 0 unspecified atom stereocenters.